The fraction of sp³-hybridized carbons (Fsp3) is 1.00. The van der Waals surface area contributed by atoms with Gasteiger partial charge in [-0.25, -0.2) is 0 Å². The van der Waals surface area contributed by atoms with Crippen molar-refractivity contribution in [3.63, 3.8) is 0 Å². The van der Waals surface area contributed by atoms with Gasteiger partial charge in [0.2, 0.25) is 0 Å². The third-order valence-corrected chi connectivity index (χ3v) is 4.19. The zero-order chi connectivity index (χ0) is 7.72. The van der Waals surface area contributed by atoms with Crippen LogP contribution in [0.5, 0.6) is 0 Å². The summed E-state index contributed by atoms with van der Waals surface area (Å²) in [7, 11) is 0. The second-order valence-electron chi connectivity index (χ2n) is 3.62. The van der Waals surface area contributed by atoms with Gasteiger partial charge in [0.05, 0.1) is 0 Å². The van der Waals surface area contributed by atoms with Crippen molar-refractivity contribution in [2.75, 3.05) is 0 Å². The van der Waals surface area contributed by atoms with E-state index in [1.165, 1.54) is 12.8 Å². The molecule has 0 aliphatic heterocycles. The minimum Gasteiger partial charge on any atom is -0.327 e. The van der Waals surface area contributed by atoms with Crippen LogP contribution in [0.25, 0.3) is 0 Å². The number of hydrogen-bond donors (Lipinski definition) is 1. The summed E-state index contributed by atoms with van der Waals surface area (Å²) in [6.45, 7) is 4.57. The molecule has 4 atom stereocenters. The smallest absolute Gasteiger partial charge is 0.0152 e. The highest BCUT2D eigenvalue weighted by molar-refractivity contribution is 14.1. The molecule has 0 aromatic carbocycles. The second kappa shape index (κ2) is 3.39. The molecule has 0 saturated heterocycles. The van der Waals surface area contributed by atoms with Crippen molar-refractivity contribution in [2.24, 2.45) is 17.6 Å². The van der Waals surface area contributed by atoms with Crippen LogP contribution in [0.4, 0.5) is 0 Å². The van der Waals surface area contributed by atoms with Gasteiger partial charge in [-0.05, 0) is 24.7 Å². The third-order valence-electron chi connectivity index (χ3n) is 2.55. The highest BCUT2D eigenvalue weighted by Gasteiger charge is 2.28. The zero-order valence-corrected chi connectivity index (χ0v) is 8.84. The van der Waals surface area contributed by atoms with Gasteiger partial charge in [0.15, 0.2) is 0 Å². The summed E-state index contributed by atoms with van der Waals surface area (Å²) in [5.74, 6) is 1.56. The van der Waals surface area contributed by atoms with Gasteiger partial charge in [0.25, 0.3) is 0 Å². The average molecular weight is 253 g/mol. The maximum absolute atomic E-state index is 5.95. The molecule has 0 amide bonds. The van der Waals surface area contributed by atoms with E-state index in [1.807, 2.05) is 0 Å². The van der Waals surface area contributed by atoms with E-state index in [1.54, 1.807) is 0 Å². The molecule has 1 nitrogen and oxygen atoms in total. The molecular weight excluding hydrogens is 237 g/mol. The Balaban J connectivity index is 2.49. The van der Waals surface area contributed by atoms with Crippen LogP contribution >= 0.6 is 22.6 Å². The summed E-state index contributed by atoms with van der Waals surface area (Å²) in [6, 6.07) is 0.450. The SMILES string of the molecule is CC1CC(N)C(C)C(I)C1. The number of rotatable bonds is 0. The average Bonchev–Trinajstić information content (AvgIpc) is 1.82. The lowest BCUT2D eigenvalue weighted by Crippen LogP contribution is -2.40. The van der Waals surface area contributed by atoms with E-state index in [9.17, 15) is 0 Å². The van der Waals surface area contributed by atoms with Crippen LogP contribution in [-0.2, 0) is 0 Å². The van der Waals surface area contributed by atoms with E-state index < -0.39 is 0 Å². The Morgan fingerprint density at radius 2 is 1.90 bits per heavy atom. The van der Waals surface area contributed by atoms with E-state index in [2.05, 4.69) is 36.4 Å². The first-order valence-corrected chi connectivity index (χ1v) is 5.25. The Hall–Kier alpha value is 0.690. The first-order chi connectivity index (χ1) is 4.61. The summed E-state index contributed by atoms with van der Waals surface area (Å²) in [5, 5.41) is 0. The maximum Gasteiger partial charge on any atom is 0.0152 e. The Kier molecular flexibility index (Phi) is 2.98. The lowest BCUT2D eigenvalue weighted by atomic mass is 9.80. The lowest BCUT2D eigenvalue weighted by Gasteiger charge is -2.34. The molecule has 1 aliphatic carbocycles. The van der Waals surface area contributed by atoms with E-state index in [4.69, 9.17) is 5.73 Å². The fourth-order valence-corrected chi connectivity index (χ4v) is 3.04. The molecule has 0 heterocycles. The molecule has 2 heteroatoms. The normalized spacial score (nSPS) is 49.2. The van der Waals surface area contributed by atoms with Crippen molar-refractivity contribution in [1.29, 1.82) is 0 Å². The summed E-state index contributed by atoms with van der Waals surface area (Å²) in [5.41, 5.74) is 5.95. The van der Waals surface area contributed by atoms with Crippen molar-refractivity contribution in [3.05, 3.63) is 0 Å². The zero-order valence-electron chi connectivity index (χ0n) is 6.68. The quantitative estimate of drug-likeness (QED) is 0.519. The molecule has 1 fully saturated rings. The van der Waals surface area contributed by atoms with Crippen LogP contribution in [0.3, 0.4) is 0 Å². The summed E-state index contributed by atoms with van der Waals surface area (Å²) >= 11 is 2.53. The molecule has 0 spiro atoms. The molecule has 4 unspecified atom stereocenters. The highest BCUT2D eigenvalue weighted by atomic mass is 127. The van der Waals surface area contributed by atoms with Crippen LogP contribution in [0.15, 0.2) is 0 Å². The van der Waals surface area contributed by atoms with Crippen LogP contribution in [-0.4, -0.2) is 9.97 Å². The Bertz CT molecular complexity index is 104. The lowest BCUT2D eigenvalue weighted by molar-refractivity contribution is 0.283. The van der Waals surface area contributed by atoms with E-state index in [0.717, 1.165) is 15.8 Å². The van der Waals surface area contributed by atoms with E-state index >= 15 is 0 Å². The summed E-state index contributed by atoms with van der Waals surface area (Å²) in [6.07, 6.45) is 2.58. The van der Waals surface area contributed by atoms with E-state index in [-0.39, 0.29) is 0 Å². The minimum atomic E-state index is 0.450. The van der Waals surface area contributed by atoms with Gasteiger partial charge >= 0.3 is 0 Å². The van der Waals surface area contributed by atoms with Crippen molar-refractivity contribution in [1.82, 2.24) is 0 Å². The molecular formula is C8H16IN. The van der Waals surface area contributed by atoms with Gasteiger partial charge in [0.1, 0.15) is 0 Å². The van der Waals surface area contributed by atoms with Gasteiger partial charge in [-0.1, -0.05) is 36.4 Å². The van der Waals surface area contributed by atoms with Crippen molar-refractivity contribution in [3.8, 4) is 0 Å². The molecule has 2 N–H and O–H groups in total. The van der Waals surface area contributed by atoms with Crippen molar-refractivity contribution >= 4 is 22.6 Å². The Morgan fingerprint density at radius 1 is 1.30 bits per heavy atom. The maximum atomic E-state index is 5.95. The van der Waals surface area contributed by atoms with Crippen LogP contribution in [0.2, 0.25) is 0 Å². The minimum absolute atomic E-state index is 0.450. The topological polar surface area (TPSA) is 26.0 Å². The second-order valence-corrected chi connectivity index (χ2v) is 5.22. The van der Waals surface area contributed by atoms with Crippen LogP contribution < -0.4 is 5.73 Å². The number of nitrogens with two attached hydrogens (primary N) is 1. The van der Waals surface area contributed by atoms with Gasteiger partial charge in [0, 0.05) is 9.97 Å². The number of alkyl halides is 1. The summed E-state index contributed by atoms with van der Waals surface area (Å²) in [4.78, 5) is 0. The van der Waals surface area contributed by atoms with Gasteiger partial charge in [-0.15, -0.1) is 0 Å². The number of hydrogen-bond acceptors (Lipinski definition) is 1. The molecule has 0 bridgehead atoms. The largest absolute Gasteiger partial charge is 0.327 e. The monoisotopic (exact) mass is 253 g/mol. The first kappa shape index (κ1) is 8.78. The molecule has 0 aromatic heterocycles. The Labute approximate surface area is 76.9 Å². The molecule has 0 aromatic rings. The standard InChI is InChI=1S/C8H16IN/c1-5-3-7(9)6(2)8(10)4-5/h5-8H,3-4,10H2,1-2H3. The van der Waals surface area contributed by atoms with Crippen LogP contribution in [0, 0.1) is 11.8 Å². The molecule has 1 saturated carbocycles. The van der Waals surface area contributed by atoms with Gasteiger partial charge in [-0.2, -0.15) is 0 Å². The van der Waals surface area contributed by atoms with Gasteiger partial charge < -0.3 is 5.73 Å². The van der Waals surface area contributed by atoms with Crippen molar-refractivity contribution < 1.29 is 0 Å². The molecule has 60 valence electrons. The van der Waals surface area contributed by atoms with Crippen LogP contribution in [0.1, 0.15) is 26.7 Å². The molecule has 1 aliphatic rings. The number of halogens is 1. The summed E-state index contributed by atoms with van der Waals surface area (Å²) < 4.78 is 0.802. The highest BCUT2D eigenvalue weighted by Crippen LogP contribution is 2.32. The fourth-order valence-electron chi connectivity index (χ4n) is 1.64. The predicted molar refractivity (Wildman–Crippen MR) is 53.3 cm³/mol. The molecule has 0 radical (unpaired) electrons. The molecule has 10 heavy (non-hydrogen) atoms. The van der Waals surface area contributed by atoms with E-state index in [0.29, 0.717) is 6.04 Å². The van der Waals surface area contributed by atoms with Gasteiger partial charge in [-0.3, -0.25) is 0 Å². The first-order valence-electron chi connectivity index (χ1n) is 4.01. The third kappa shape index (κ3) is 1.84. The predicted octanol–water partition coefficient (Wildman–Crippen LogP) is 2.18. The Morgan fingerprint density at radius 3 is 2.40 bits per heavy atom. The molecule has 1 rings (SSSR count). The van der Waals surface area contributed by atoms with Crippen molar-refractivity contribution in [2.45, 2.75) is 36.7 Å².